The number of primary sulfonamides is 1. The first-order valence-electron chi connectivity index (χ1n) is 9.17. The highest BCUT2D eigenvalue weighted by molar-refractivity contribution is 7.99. The molecule has 0 heterocycles. The third-order valence-corrected chi connectivity index (χ3v) is 6.72. The summed E-state index contributed by atoms with van der Waals surface area (Å²) in [5.74, 6) is 0.934. The molecule has 0 aromatic heterocycles. The number of rotatable bonds is 9. The number of hydrogen-bond donors (Lipinski definition) is 1. The number of nitrogens with zero attached hydrogens (tertiary/aromatic N) is 1. The van der Waals surface area contributed by atoms with Gasteiger partial charge in [-0.1, -0.05) is 60.1 Å². The van der Waals surface area contributed by atoms with Crippen LogP contribution in [0.3, 0.4) is 0 Å². The summed E-state index contributed by atoms with van der Waals surface area (Å²) in [5.41, 5.74) is 2.09. The Bertz CT molecular complexity index is 1030. The van der Waals surface area contributed by atoms with E-state index < -0.39 is 10.0 Å². The van der Waals surface area contributed by atoms with Gasteiger partial charge in [0.1, 0.15) is 0 Å². The van der Waals surface area contributed by atoms with Crippen LogP contribution in [0.1, 0.15) is 11.1 Å². The van der Waals surface area contributed by atoms with Crippen molar-refractivity contribution in [3.05, 3.63) is 95.0 Å². The van der Waals surface area contributed by atoms with Gasteiger partial charge in [-0.2, -0.15) is 0 Å². The Morgan fingerprint density at radius 2 is 1.52 bits per heavy atom. The van der Waals surface area contributed by atoms with Crippen molar-refractivity contribution in [2.24, 2.45) is 5.14 Å². The molecule has 3 aromatic rings. The maximum atomic E-state index is 11.5. The Kier molecular flexibility index (Phi) is 7.75. The van der Waals surface area contributed by atoms with Gasteiger partial charge in [-0.25, -0.2) is 13.6 Å². The summed E-state index contributed by atoms with van der Waals surface area (Å²) in [4.78, 5) is 3.67. The second kappa shape index (κ2) is 10.3. The van der Waals surface area contributed by atoms with Crippen molar-refractivity contribution in [1.29, 1.82) is 0 Å². The van der Waals surface area contributed by atoms with E-state index in [0.29, 0.717) is 13.1 Å². The molecule has 0 amide bonds. The van der Waals surface area contributed by atoms with Gasteiger partial charge in [0.05, 0.1) is 4.90 Å². The first-order chi connectivity index (χ1) is 13.9. The van der Waals surface area contributed by atoms with Crippen LogP contribution in [0.4, 0.5) is 0 Å². The Balaban J connectivity index is 1.70. The van der Waals surface area contributed by atoms with Gasteiger partial charge in [-0.15, -0.1) is 11.8 Å². The van der Waals surface area contributed by atoms with Gasteiger partial charge < -0.3 is 0 Å². The number of benzene rings is 3. The number of nitrogens with two attached hydrogens (primary N) is 1. The summed E-state index contributed by atoms with van der Waals surface area (Å²) in [6.45, 7) is 2.26. The molecule has 0 unspecified atom stereocenters. The highest BCUT2D eigenvalue weighted by atomic mass is 35.5. The SMILES string of the molecule is NS(=O)(=O)c1ccc(CN(CCSc2ccccc2)Cc2ccccc2Cl)cc1. The smallest absolute Gasteiger partial charge is 0.238 e. The molecule has 2 N–H and O–H groups in total. The average molecular weight is 447 g/mol. The molecule has 3 aromatic carbocycles. The van der Waals surface area contributed by atoms with Gasteiger partial charge in [0.2, 0.25) is 10.0 Å². The van der Waals surface area contributed by atoms with Crippen LogP contribution in [0.15, 0.2) is 88.7 Å². The molecule has 29 heavy (non-hydrogen) atoms. The maximum Gasteiger partial charge on any atom is 0.238 e. The molecule has 0 spiro atoms. The van der Waals surface area contributed by atoms with E-state index in [0.717, 1.165) is 28.4 Å². The Morgan fingerprint density at radius 1 is 0.862 bits per heavy atom. The van der Waals surface area contributed by atoms with Crippen LogP contribution >= 0.6 is 23.4 Å². The highest BCUT2D eigenvalue weighted by Crippen LogP contribution is 2.21. The molecule has 0 bridgehead atoms. The van der Waals surface area contributed by atoms with Gasteiger partial charge in [0.15, 0.2) is 0 Å². The summed E-state index contributed by atoms with van der Waals surface area (Å²) < 4.78 is 22.9. The molecule has 0 atom stereocenters. The molecule has 4 nitrogen and oxygen atoms in total. The first kappa shape index (κ1) is 21.9. The third-order valence-electron chi connectivity index (χ3n) is 4.43. The summed E-state index contributed by atoms with van der Waals surface area (Å²) >= 11 is 8.17. The first-order valence-corrected chi connectivity index (χ1v) is 12.1. The second-order valence-corrected chi connectivity index (χ2v) is 9.79. The zero-order valence-electron chi connectivity index (χ0n) is 15.9. The van der Waals surface area contributed by atoms with Crippen LogP contribution in [-0.4, -0.2) is 25.6 Å². The van der Waals surface area contributed by atoms with Crippen molar-refractivity contribution in [1.82, 2.24) is 4.90 Å². The van der Waals surface area contributed by atoms with Crippen LogP contribution in [0, 0.1) is 0 Å². The predicted octanol–water partition coefficient (Wildman–Crippen LogP) is 4.78. The molecule has 0 aliphatic heterocycles. The minimum absolute atomic E-state index is 0.124. The number of halogens is 1. The van der Waals surface area contributed by atoms with Crippen LogP contribution in [0.5, 0.6) is 0 Å². The maximum absolute atomic E-state index is 11.5. The zero-order chi connectivity index (χ0) is 20.7. The van der Waals surface area contributed by atoms with E-state index >= 15 is 0 Å². The molecule has 0 radical (unpaired) electrons. The zero-order valence-corrected chi connectivity index (χ0v) is 18.3. The molecule has 0 aliphatic carbocycles. The van der Waals surface area contributed by atoms with E-state index in [1.54, 1.807) is 12.1 Å². The lowest BCUT2D eigenvalue weighted by Crippen LogP contribution is -2.25. The molecule has 0 fully saturated rings. The standard InChI is InChI=1S/C22H23ClN2O2S2/c23-22-9-5-4-6-19(22)17-25(14-15-28-20-7-2-1-3-8-20)16-18-10-12-21(13-11-18)29(24,26)27/h1-13H,14-17H2,(H2,24,26,27). The van der Waals surface area contributed by atoms with Crippen molar-refractivity contribution < 1.29 is 8.42 Å². The number of sulfonamides is 1. The van der Waals surface area contributed by atoms with Gasteiger partial charge in [-0.3, -0.25) is 4.90 Å². The van der Waals surface area contributed by atoms with Crippen molar-refractivity contribution in [2.75, 3.05) is 12.3 Å². The largest absolute Gasteiger partial charge is 0.294 e. The average Bonchev–Trinajstić information content (AvgIpc) is 2.70. The van der Waals surface area contributed by atoms with Crippen LogP contribution < -0.4 is 5.14 Å². The third kappa shape index (κ3) is 6.87. The quantitative estimate of drug-likeness (QED) is 0.480. The predicted molar refractivity (Wildman–Crippen MR) is 121 cm³/mol. The Morgan fingerprint density at radius 3 is 2.17 bits per heavy atom. The van der Waals surface area contributed by atoms with Crippen molar-refractivity contribution >= 4 is 33.4 Å². The molecule has 3 rings (SSSR count). The van der Waals surface area contributed by atoms with Crippen molar-refractivity contribution in [3.63, 3.8) is 0 Å². The van der Waals surface area contributed by atoms with Gasteiger partial charge in [0.25, 0.3) is 0 Å². The van der Waals surface area contributed by atoms with Crippen molar-refractivity contribution in [2.45, 2.75) is 22.9 Å². The lowest BCUT2D eigenvalue weighted by molar-refractivity contribution is 0.274. The summed E-state index contributed by atoms with van der Waals surface area (Å²) in [6.07, 6.45) is 0. The molecule has 0 aliphatic rings. The summed E-state index contributed by atoms with van der Waals surface area (Å²) in [6, 6.07) is 24.9. The fourth-order valence-electron chi connectivity index (χ4n) is 2.93. The van der Waals surface area contributed by atoms with Gasteiger partial charge >= 0.3 is 0 Å². The van der Waals surface area contributed by atoms with E-state index in [2.05, 4.69) is 17.0 Å². The molecular formula is C22H23ClN2O2S2. The Labute approximate surface area is 181 Å². The lowest BCUT2D eigenvalue weighted by atomic mass is 10.1. The van der Waals surface area contributed by atoms with E-state index in [9.17, 15) is 8.42 Å². The lowest BCUT2D eigenvalue weighted by Gasteiger charge is -2.23. The van der Waals surface area contributed by atoms with E-state index in [1.807, 2.05) is 66.4 Å². The summed E-state index contributed by atoms with van der Waals surface area (Å²) in [7, 11) is -3.68. The molecular weight excluding hydrogens is 424 g/mol. The number of hydrogen-bond acceptors (Lipinski definition) is 4. The van der Waals surface area contributed by atoms with Crippen LogP contribution in [-0.2, 0) is 23.1 Å². The Hall–Kier alpha value is -1.83. The molecule has 0 saturated heterocycles. The topological polar surface area (TPSA) is 63.4 Å². The van der Waals surface area contributed by atoms with Crippen LogP contribution in [0.25, 0.3) is 0 Å². The van der Waals surface area contributed by atoms with Crippen LogP contribution in [0.2, 0.25) is 5.02 Å². The van der Waals surface area contributed by atoms with Gasteiger partial charge in [0, 0.05) is 35.3 Å². The second-order valence-electron chi connectivity index (χ2n) is 6.65. The van der Waals surface area contributed by atoms with E-state index in [1.165, 1.54) is 4.90 Å². The fraction of sp³-hybridized carbons (Fsp3) is 0.182. The van der Waals surface area contributed by atoms with E-state index in [4.69, 9.17) is 16.7 Å². The summed E-state index contributed by atoms with van der Waals surface area (Å²) in [5, 5.41) is 5.94. The van der Waals surface area contributed by atoms with E-state index in [-0.39, 0.29) is 4.90 Å². The molecule has 0 saturated carbocycles. The molecule has 7 heteroatoms. The number of thioether (sulfide) groups is 1. The fourth-order valence-corrected chi connectivity index (χ4v) is 4.58. The normalized spacial score (nSPS) is 11.7. The monoisotopic (exact) mass is 446 g/mol. The molecule has 152 valence electrons. The minimum atomic E-state index is -3.68. The van der Waals surface area contributed by atoms with Crippen molar-refractivity contribution in [3.8, 4) is 0 Å². The highest BCUT2D eigenvalue weighted by Gasteiger charge is 2.12. The minimum Gasteiger partial charge on any atom is -0.294 e. The van der Waals surface area contributed by atoms with Gasteiger partial charge in [-0.05, 0) is 41.5 Å².